The van der Waals surface area contributed by atoms with Gasteiger partial charge in [-0.25, -0.2) is 0 Å². The maximum Gasteiger partial charge on any atom is 0.401 e. The molecule has 0 spiro atoms. The van der Waals surface area contributed by atoms with Crippen molar-refractivity contribution in [2.45, 2.75) is 38.9 Å². The Hall–Kier alpha value is -0.890. The van der Waals surface area contributed by atoms with Crippen molar-refractivity contribution in [1.82, 2.24) is 9.80 Å². The normalized spacial score (nSPS) is 12.0. The zero-order valence-electron chi connectivity index (χ0n) is 12.0. The Balaban J connectivity index is 4.27. The van der Waals surface area contributed by atoms with Crippen molar-refractivity contribution in [3.63, 3.8) is 0 Å². The van der Waals surface area contributed by atoms with E-state index in [9.17, 15) is 18.0 Å². The Morgan fingerprint density at radius 3 is 2.20 bits per heavy atom. The smallest absolute Gasteiger partial charge is 0.393 e. The molecule has 0 atom stereocenters. The van der Waals surface area contributed by atoms with E-state index in [-0.39, 0.29) is 24.9 Å². The van der Waals surface area contributed by atoms with Crippen molar-refractivity contribution in [3.8, 4) is 0 Å². The predicted molar refractivity (Wildman–Crippen MR) is 76.4 cm³/mol. The molecule has 20 heavy (non-hydrogen) atoms. The van der Waals surface area contributed by atoms with Crippen LogP contribution in [0.1, 0.15) is 26.7 Å². The van der Waals surface area contributed by atoms with E-state index in [4.69, 9.17) is 18.0 Å². The lowest BCUT2D eigenvalue weighted by Crippen LogP contribution is -2.41. The number of alkyl halides is 3. The fourth-order valence-electron chi connectivity index (χ4n) is 1.58. The third kappa shape index (κ3) is 9.08. The molecule has 0 aliphatic heterocycles. The topological polar surface area (TPSA) is 49.6 Å². The van der Waals surface area contributed by atoms with E-state index in [1.807, 2.05) is 0 Å². The van der Waals surface area contributed by atoms with Crippen LogP contribution >= 0.6 is 12.2 Å². The molecule has 2 N–H and O–H groups in total. The zero-order valence-corrected chi connectivity index (χ0v) is 12.9. The second-order valence-electron chi connectivity index (χ2n) is 4.96. The van der Waals surface area contributed by atoms with E-state index < -0.39 is 12.7 Å². The molecule has 0 radical (unpaired) electrons. The first-order valence-corrected chi connectivity index (χ1v) is 6.77. The van der Waals surface area contributed by atoms with E-state index in [1.165, 1.54) is 9.80 Å². The highest BCUT2D eigenvalue weighted by Gasteiger charge is 2.31. The van der Waals surface area contributed by atoms with E-state index in [0.717, 1.165) is 0 Å². The molecule has 0 unspecified atom stereocenters. The van der Waals surface area contributed by atoms with Gasteiger partial charge in [0.25, 0.3) is 0 Å². The van der Waals surface area contributed by atoms with Crippen LogP contribution in [0, 0.1) is 0 Å². The Labute approximate surface area is 123 Å². The highest BCUT2D eigenvalue weighted by molar-refractivity contribution is 7.80. The molecular weight excluding hydrogens is 291 g/mol. The highest BCUT2D eigenvalue weighted by atomic mass is 32.1. The third-order valence-electron chi connectivity index (χ3n) is 2.84. The summed E-state index contributed by atoms with van der Waals surface area (Å²) in [5.41, 5.74) is 5.33. The number of hydrogen-bond acceptors (Lipinski definition) is 3. The molecule has 0 aromatic carbocycles. The summed E-state index contributed by atoms with van der Waals surface area (Å²) in [6.07, 6.45) is -3.80. The largest absolute Gasteiger partial charge is 0.401 e. The maximum atomic E-state index is 12.4. The van der Waals surface area contributed by atoms with Gasteiger partial charge < -0.3 is 10.6 Å². The molecule has 0 aromatic rings. The predicted octanol–water partition coefficient (Wildman–Crippen LogP) is 1.78. The summed E-state index contributed by atoms with van der Waals surface area (Å²) in [6.45, 7) is 2.80. The standard InChI is InChI=1S/C12H22F3N3OS/c1-9(2)18(8-12(13,14)15)7-5-11(19)17(3)6-4-10(16)20/h9H,4-8H2,1-3H3,(H2,16,20). The Morgan fingerprint density at radius 2 is 1.80 bits per heavy atom. The number of carbonyl (C=O) groups excluding carboxylic acids is 1. The van der Waals surface area contributed by atoms with Crippen molar-refractivity contribution >= 4 is 23.1 Å². The summed E-state index contributed by atoms with van der Waals surface area (Å²) in [5.74, 6) is -0.214. The minimum atomic E-state index is -4.26. The number of hydrogen-bond donors (Lipinski definition) is 1. The fourth-order valence-corrected chi connectivity index (χ4v) is 1.67. The number of rotatable bonds is 8. The van der Waals surface area contributed by atoms with Crippen molar-refractivity contribution in [2.24, 2.45) is 5.73 Å². The van der Waals surface area contributed by atoms with Crippen LogP contribution in [0.2, 0.25) is 0 Å². The number of nitrogens with zero attached hydrogens (tertiary/aromatic N) is 2. The molecule has 0 heterocycles. The summed E-state index contributed by atoms with van der Waals surface area (Å²) >= 11 is 4.71. The first kappa shape index (κ1) is 19.1. The van der Waals surface area contributed by atoms with Crippen LogP contribution in [0.3, 0.4) is 0 Å². The molecule has 118 valence electrons. The SMILES string of the molecule is CC(C)N(CCC(=O)N(C)CCC(N)=S)CC(F)(F)F. The lowest BCUT2D eigenvalue weighted by atomic mass is 10.2. The van der Waals surface area contributed by atoms with Crippen LogP contribution in [0.15, 0.2) is 0 Å². The molecule has 0 saturated carbocycles. The van der Waals surface area contributed by atoms with Gasteiger partial charge in [-0.2, -0.15) is 13.2 Å². The minimum Gasteiger partial charge on any atom is -0.393 e. The fraction of sp³-hybridized carbons (Fsp3) is 0.833. The monoisotopic (exact) mass is 313 g/mol. The third-order valence-corrected chi connectivity index (χ3v) is 3.05. The molecule has 0 bridgehead atoms. The van der Waals surface area contributed by atoms with Gasteiger partial charge in [-0.1, -0.05) is 12.2 Å². The van der Waals surface area contributed by atoms with Crippen molar-refractivity contribution in [1.29, 1.82) is 0 Å². The van der Waals surface area contributed by atoms with Crippen LogP contribution in [0.25, 0.3) is 0 Å². The summed E-state index contributed by atoms with van der Waals surface area (Å²) in [4.78, 5) is 14.8. The average Bonchev–Trinajstić information content (AvgIpc) is 2.29. The van der Waals surface area contributed by atoms with Crippen LogP contribution in [0.5, 0.6) is 0 Å². The molecule has 0 aromatic heterocycles. The van der Waals surface area contributed by atoms with Gasteiger partial charge in [0.2, 0.25) is 5.91 Å². The molecule has 8 heteroatoms. The number of thiocarbonyl (C=S) groups is 1. The van der Waals surface area contributed by atoms with Crippen molar-refractivity contribution in [3.05, 3.63) is 0 Å². The molecule has 0 saturated heterocycles. The van der Waals surface area contributed by atoms with Gasteiger partial charge in [0.15, 0.2) is 0 Å². The second-order valence-corrected chi connectivity index (χ2v) is 5.49. The van der Waals surface area contributed by atoms with Gasteiger partial charge in [0.1, 0.15) is 0 Å². The van der Waals surface area contributed by atoms with Gasteiger partial charge >= 0.3 is 6.18 Å². The summed E-state index contributed by atoms with van der Waals surface area (Å²) < 4.78 is 37.2. The Bertz CT molecular complexity index is 334. The lowest BCUT2D eigenvalue weighted by molar-refractivity contribution is -0.151. The molecule has 4 nitrogen and oxygen atoms in total. The molecule has 0 aliphatic carbocycles. The van der Waals surface area contributed by atoms with E-state index in [0.29, 0.717) is 18.0 Å². The van der Waals surface area contributed by atoms with Crippen LogP contribution in [-0.2, 0) is 4.79 Å². The summed E-state index contributed by atoms with van der Waals surface area (Å²) in [7, 11) is 1.59. The number of carbonyl (C=O) groups is 1. The number of nitrogens with two attached hydrogens (primary N) is 1. The number of halogens is 3. The summed E-state index contributed by atoms with van der Waals surface area (Å²) in [5, 5.41) is 0. The van der Waals surface area contributed by atoms with E-state index >= 15 is 0 Å². The minimum absolute atomic E-state index is 0.0437. The molecule has 1 amide bonds. The van der Waals surface area contributed by atoms with E-state index in [1.54, 1.807) is 20.9 Å². The van der Waals surface area contributed by atoms with Crippen molar-refractivity contribution < 1.29 is 18.0 Å². The van der Waals surface area contributed by atoms with Gasteiger partial charge in [-0.3, -0.25) is 9.69 Å². The Kier molecular flexibility index (Phi) is 8.03. The van der Waals surface area contributed by atoms with Crippen LogP contribution < -0.4 is 5.73 Å². The Morgan fingerprint density at radius 1 is 1.25 bits per heavy atom. The highest BCUT2D eigenvalue weighted by Crippen LogP contribution is 2.18. The number of amides is 1. The molecule has 0 aliphatic rings. The first-order valence-electron chi connectivity index (χ1n) is 6.36. The van der Waals surface area contributed by atoms with Gasteiger partial charge in [0, 0.05) is 39.0 Å². The van der Waals surface area contributed by atoms with Crippen LogP contribution in [0.4, 0.5) is 13.2 Å². The molecule has 0 rings (SSSR count). The van der Waals surface area contributed by atoms with E-state index in [2.05, 4.69) is 0 Å². The quantitative estimate of drug-likeness (QED) is 0.694. The van der Waals surface area contributed by atoms with Gasteiger partial charge in [0.05, 0.1) is 11.5 Å². The average molecular weight is 313 g/mol. The maximum absolute atomic E-state index is 12.4. The van der Waals surface area contributed by atoms with Gasteiger partial charge in [-0.15, -0.1) is 0 Å². The lowest BCUT2D eigenvalue weighted by Gasteiger charge is -2.28. The van der Waals surface area contributed by atoms with Crippen molar-refractivity contribution in [2.75, 3.05) is 26.7 Å². The zero-order chi connectivity index (χ0) is 15.9. The second kappa shape index (κ2) is 8.41. The molecular formula is C12H22F3N3OS. The first-order chi connectivity index (χ1) is 9.03. The van der Waals surface area contributed by atoms with Gasteiger partial charge in [-0.05, 0) is 13.8 Å². The molecule has 0 fully saturated rings. The van der Waals surface area contributed by atoms with Crippen LogP contribution in [-0.4, -0.2) is 59.6 Å². The summed E-state index contributed by atoms with van der Waals surface area (Å²) in [6, 6.07) is -0.272.